The molecule has 0 saturated carbocycles. The first-order chi connectivity index (χ1) is 8.81. The summed E-state index contributed by atoms with van der Waals surface area (Å²) in [6, 6.07) is 8.16. The van der Waals surface area contributed by atoms with E-state index in [1.807, 2.05) is 24.3 Å². The Balaban J connectivity index is 1.59. The quantitative estimate of drug-likeness (QED) is 0.855. The van der Waals surface area contributed by atoms with Crippen molar-refractivity contribution >= 4 is 0 Å². The summed E-state index contributed by atoms with van der Waals surface area (Å²) in [5.41, 5.74) is 5.99. The van der Waals surface area contributed by atoms with E-state index in [2.05, 4.69) is 4.90 Å². The van der Waals surface area contributed by atoms with Crippen molar-refractivity contribution in [1.82, 2.24) is 4.90 Å². The van der Waals surface area contributed by atoms with Crippen molar-refractivity contribution in [3.63, 3.8) is 0 Å². The molecule has 0 aliphatic carbocycles. The maximum absolute atomic E-state index is 5.99. The van der Waals surface area contributed by atoms with Gasteiger partial charge in [-0.05, 0) is 31.5 Å². The lowest BCUT2D eigenvalue weighted by molar-refractivity contribution is 0.0508. The van der Waals surface area contributed by atoms with Crippen LogP contribution in [0.1, 0.15) is 12.8 Å². The zero-order valence-electron chi connectivity index (χ0n) is 10.5. The van der Waals surface area contributed by atoms with E-state index < -0.39 is 0 Å². The SMILES string of the molecule is N[C@H]1CCCN(C[C@H]2COc3ccccc3O2)C1. The predicted octanol–water partition coefficient (Wildman–Crippen LogP) is 1.25. The molecule has 0 spiro atoms. The van der Waals surface area contributed by atoms with Crippen LogP contribution in [-0.2, 0) is 0 Å². The Morgan fingerprint density at radius 2 is 2.11 bits per heavy atom. The number of fused-ring (bicyclic) bond motifs is 1. The minimum absolute atomic E-state index is 0.116. The second kappa shape index (κ2) is 5.16. The van der Waals surface area contributed by atoms with E-state index in [-0.39, 0.29) is 6.10 Å². The van der Waals surface area contributed by atoms with Gasteiger partial charge in [-0.15, -0.1) is 0 Å². The Morgan fingerprint density at radius 3 is 2.94 bits per heavy atom. The first-order valence-electron chi connectivity index (χ1n) is 6.67. The van der Waals surface area contributed by atoms with Gasteiger partial charge >= 0.3 is 0 Å². The average molecular weight is 248 g/mol. The van der Waals surface area contributed by atoms with Crippen LogP contribution in [0.15, 0.2) is 24.3 Å². The highest BCUT2D eigenvalue weighted by molar-refractivity contribution is 5.40. The molecular weight excluding hydrogens is 228 g/mol. The van der Waals surface area contributed by atoms with E-state index in [1.54, 1.807) is 0 Å². The van der Waals surface area contributed by atoms with Crippen LogP contribution >= 0.6 is 0 Å². The van der Waals surface area contributed by atoms with Crippen molar-refractivity contribution < 1.29 is 9.47 Å². The van der Waals surface area contributed by atoms with Crippen molar-refractivity contribution in [2.75, 3.05) is 26.2 Å². The second-order valence-corrected chi connectivity index (χ2v) is 5.16. The monoisotopic (exact) mass is 248 g/mol. The van der Waals surface area contributed by atoms with E-state index in [4.69, 9.17) is 15.2 Å². The molecule has 3 rings (SSSR count). The maximum atomic E-state index is 5.99. The normalized spacial score (nSPS) is 28.1. The molecule has 1 saturated heterocycles. The summed E-state index contributed by atoms with van der Waals surface area (Å²) in [7, 11) is 0. The smallest absolute Gasteiger partial charge is 0.161 e. The Kier molecular flexibility index (Phi) is 3.39. The summed E-state index contributed by atoms with van der Waals surface area (Å²) in [5, 5.41) is 0. The molecule has 0 unspecified atom stereocenters. The molecule has 1 aromatic carbocycles. The van der Waals surface area contributed by atoms with Crippen LogP contribution in [0.25, 0.3) is 0 Å². The molecule has 1 fully saturated rings. The molecule has 2 aliphatic rings. The van der Waals surface area contributed by atoms with E-state index in [0.717, 1.165) is 37.6 Å². The largest absolute Gasteiger partial charge is 0.486 e. The van der Waals surface area contributed by atoms with Gasteiger partial charge in [0.25, 0.3) is 0 Å². The standard InChI is InChI=1S/C14H20N2O2/c15-11-4-3-7-16(8-11)9-12-10-17-13-5-1-2-6-14(13)18-12/h1-2,5-6,11-12H,3-4,7-10,15H2/t11-,12-/m0/s1. The molecular formula is C14H20N2O2. The lowest BCUT2D eigenvalue weighted by Crippen LogP contribution is -2.48. The molecule has 2 atom stereocenters. The van der Waals surface area contributed by atoms with Crippen LogP contribution in [-0.4, -0.2) is 43.3 Å². The zero-order valence-corrected chi connectivity index (χ0v) is 10.5. The van der Waals surface area contributed by atoms with Crippen molar-refractivity contribution in [3.8, 4) is 11.5 Å². The molecule has 2 heterocycles. The highest BCUT2D eigenvalue weighted by atomic mass is 16.6. The second-order valence-electron chi connectivity index (χ2n) is 5.16. The molecule has 0 aromatic heterocycles. The predicted molar refractivity (Wildman–Crippen MR) is 70.0 cm³/mol. The fourth-order valence-corrected chi connectivity index (χ4v) is 2.70. The molecule has 0 radical (unpaired) electrons. The maximum Gasteiger partial charge on any atom is 0.161 e. The summed E-state index contributed by atoms with van der Waals surface area (Å²) < 4.78 is 11.7. The van der Waals surface area contributed by atoms with Gasteiger partial charge in [0.1, 0.15) is 12.7 Å². The number of piperidine rings is 1. The van der Waals surface area contributed by atoms with E-state index in [1.165, 1.54) is 6.42 Å². The summed E-state index contributed by atoms with van der Waals surface area (Å²) in [4.78, 5) is 2.39. The topological polar surface area (TPSA) is 47.7 Å². The fraction of sp³-hybridized carbons (Fsp3) is 0.571. The van der Waals surface area contributed by atoms with Crippen LogP contribution in [0.5, 0.6) is 11.5 Å². The van der Waals surface area contributed by atoms with E-state index in [0.29, 0.717) is 12.6 Å². The van der Waals surface area contributed by atoms with Gasteiger partial charge in [-0.3, -0.25) is 4.90 Å². The number of rotatable bonds is 2. The van der Waals surface area contributed by atoms with Gasteiger partial charge in [0.15, 0.2) is 11.5 Å². The number of nitrogens with zero attached hydrogens (tertiary/aromatic N) is 1. The average Bonchev–Trinajstić information content (AvgIpc) is 2.39. The summed E-state index contributed by atoms with van der Waals surface area (Å²) in [6.45, 7) is 3.63. The molecule has 4 nitrogen and oxygen atoms in total. The number of ether oxygens (including phenoxy) is 2. The zero-order chi connectivity index (χ0) is 12.4. The van der Waals surface area contributed by atoms with E-state index >= 15 is 0 Å². The third kappa shape index (κ3) is 2.60. The molecule has 98 valence electrons. The first kappa shape index (κ1) is 11.8. The molecule has 0 bridgehead atoms. The highest BCUT2D eigenvalue weighted by Gasteiger charge is 2.25. The molecule has 0 amide bonds. The van der Waals surface area contributed by atoms with Crippen LogP contribution in [0.2, 0.25) is 0 Å². The number of hydrogen-bond acceptors (Lipinski definition) is 4. The minimum atomic E-state index is 0.116. The molecule has 2 aliphatic heterocycles. The third-order valence-corrected chi connectivity index (χ3v) is 3.57. The number of likely N-dealkylation sites (tertiary alicyclic amines) is 1. The third-order valence-electron chi connectivity index (χ3n) is 3.57. The van der Waals surface area contributed by atoms with E-state index in [9.17, 15) is 0 Å². The summed E-state index contributed by atoms with van der Waals surface area (Å²) in [5.74, 6) is 1.71. The molecule has 1 aromatic rings. The van der Waals surface area contributed by atoms with Crippen LogP contribution < -0.4 is 15.2 Å². The van der Waals surface area contributed by atoms with Gasteiger partial charge < -0.3 is 15.2 Å². The van der Waals surface area contributed by atoms with Crippen molar-refractivity contribution in [2.24, 2.45) is 5.73 Å². The lowest BCUT2D eigenvalue weighted by Gasteiger charge is -2.35. The summed E-state index contributed by atoms with van der Waals surface area (Å²) >= 11 is 0. The fourth-order valence-electron chi connectivity index (χ4n) is 2.70. The first-order valence-corrected chi connectivity index (χ1v) is 6.67. The van der Waals surface area contributed by atoms with Gasteiger partial charge in [-0.2, -0.15) is 0 Å². The number of nitrogens with two attached hydrogens (primary N) is 1. The number of benzene rings is 1. The van der Waals surface area contributed by atoms with Crippen LogP contribution in [0.3, 0.4) is 0 Å². The highest BCUT2D eigenvalue weighted by Crippen LogP contribution is 2.31. The van der Waals surface area contributed by atoms with Crippen LogP contribution in [0.4, 0.5) is 0 Å². The molecule has 18 heavy (non-hydrogen) atoms. The Hall–Kier alpha value is -1.26. The van der Waals surface area contributed by atoms with Gasteiger partial charge in [0.05, 0.1) is 0 Å². The lowest BCUT2D eigenvalue weighted by atomic mass is 10.1. The Bertz CT molecular complexity index is 411. The Labute approximate surface area is 108 Å². The van der Waals surface area contributed by atoms with Crippen LogP contribution in [0, 0.1) is 0 Å². The van der Waals surface area contributed by atoms with Crippen molar-refractivity contribution in [3.05, 3.63) is 24.3 Å². The molecule has 2 N–H and O–H groups in total. The van der Waals surface area contributed by atoms with Gasteiger partial charge in [0, 0.05) is 19.1 Å². The van der Waals surface area contributed by atoms with Gasteiger partial charge in [0.2, 0.25) is 0 Å². The van der Waals surface area contributed by atoms with Gasteiger partial charge in [-0.25, -0.2) is 0 Å². The Morgan fingerprint density at radius 1 is 1.28 bits per heavy atom. The molecule has 4 heteroatoms. The van der Waals surface area contributed by atoms with Crippen molar-refractivity contribution in [2.45, 2.75) is 25.0 Å². The van der Waals surface area contributed by atoms with Crippen molar-refractivity contribution in [1.29, 1.82) is 0 Å². The number of hydrogen-bond donors (Lipinski definition) is 1. The number of para-hydroxylation sites is 2. The van der Waals surface area contributed by atoms with Gasteiger partial charge in [-0.1, -0.05) is 12.1 Å². The minimum Gasteiger partial charge on any atom is -0.486 e. The summed E-state index contributed by atoms with van der Waals surface area (Å²) in [6.07, 6.45) is 2.44.